The summed E-state index contributed by atoms with van der Waals surface area (Å²) >= 11 is 0. The van der Waals surface area contributed by atoms with Crippen molar-refractivity contribution in [2.75, 3.05) is 0 Å². The highest BCUT2D eigenvalue weighted by Crippen LogP contribution is 2.61. The van der Waals surface area contributed by atoms with Gasteiger partial charge in [0.1, 0.15) is 5.78 Å². The maximum absolute atomic E-state index is 12.4. The first-order valence-electron chi connectivity index (χ1n) is 9.12. The Labute approximate surface area is 147 Å². The number of fused-ring (bicyclic) bond motifs is 5. The fourth-order valence-corrected chi connectivity index (χ4v) is 5.70. The number of phenolic OH excluding ortho intramolecular Hbond substituents is 2. The molecule has 0 aromatic heterocycles. The van der Waals surface area contributed by atoms with Crippen LogP contribution < -0.4 is 4.74 Å². The lowest BCUT2D eigenvalue weighted by molar-refractivity contribution is -0.132. The van der Waals surface area contributed by atoms with Gasteiger partial charge in [-0.25, -0.2) is 0 Å². The van der Waals surface area contributed by atoms with Crippen molar-refractivity contribution >= 4 is 11.8 Å². The van der Waals surface area contributed by atoms with E-state index in [9.17, 15) is 19.8 Å². The molecule has 0 heterocycles. The predicted octanol–water partition coefficient (Wildman–Crippen LogP) is 3.45. The van der Waals surface area contributed by atoms with Crippen molar-refractivity contribution in [3.05, 3.63) is 17.2 Å². The van der Waals surface area contributed by atoms with E-state index >= 15 is 0 Å². The molecule has 0 radical (unpaired) electrons. The smallest absolute Gasteiger partial charge is 0.308 e. The molecule has 5 heteroatoms. The minimum atomic E-state index is -0.527. The zero-order valence-electron chi connectivity index (χ0n) is 14.7. The van der Waals surface area contributed by atoms with E-state index in [1.807, 2.05) is 0 Å². The van der Waals surface area contributed by atoms with Crippen LogP contribution in [0.2, 0.25) is 0 Å². The van der Waals surface area contributed by atoms with Gasteiger partial charge >= 0.3 is 5.97 Å². The molecule has 1 aromatic carbocycles. The standard InChI is InChI=1S/C20H24O5/c1-10(21)25-15-9-11-3-4-12-13(17(11)19(24)18(15)23)7-8-20(2)14(12)5-6-16(20)22/h9,12-14,23-24H,3-8H2,1-2H3/t12-,13+,14+,20+/m1/s1. The van der Waals surface area contributed by atoms with Gasteiger partial charge in [0.25, 0.3) is 0 Å². The molecule has 4 atom stereocenters. The van der Waals surface area contributed by atoms with Crippen molar-refractivity contribution in [2.45, 2.75) is 58.3 Å². The van der Waals surface area contributed by atoms with Crippen molar-refractivity contribution < 1.29 is 24.5 Å². The van der Waals surface area contributed by atoms with Crippen molar-refractivity contribution in [1.82, 2.24) is 0 Å². The van der Waals surface area contributed by atoms with Crippen molar-refractivity contribution in [2.24, 2.45) is 17.3 Å². The molecule has 134 valence electrons. The van der Waals surface area contributed by atoms with E-state index in [1.54, 1.807) is 6.07 Å². The third-order valence-electron chi connectivity index (χ3n) is 6.88. The topological polar surface area (TPSA) is 83.8 Å². The Kier molecular flexibility index (Phi) is 3.60. The first kappa shape index (κ1) is 16.4. The van der Waals surface area contributed by atoms with Crippen LogP contribution in [0.4, 0.5) is 0 Å². The molecule has 5 nitrogen and oxygen atoms in total. The number of rotatable bonds is 1. The minimum Gasteiger partial charge on any atom is -0.504 e. The number of ether oxygens (including phenoxy) is 1. The van der Waals surface area contributed by atoms with Gasteiger partial charge in [0.2, 0.25) is 5.75 Å². The van der Waals surface area contributed by atoms with Gasteiger partial charge in [-0.1, -0.05) is 6.92 Å². The highest BCUT2D eigenvalue weighted by atomic mass is 16.5. The summed E-state index contributed by atoms with van der Waals surface area (Å²) in [6.45, 7) is 3.38. The molecule has 0 saturated heterocycles. The van der Waals surface area contributed by atoms with Crippen LogP contribution in [0.5, 0.6) is 17.2 Å². The van der Waals surface area contributed by atoms with Crippen LogP contribution in [0.15, 0.2) is 6.07 Å². The molecule has 0 spiro atoms. The van der Waals surface area contributed by atoms with Crippen LogP contribution in [-0.4, -0.2) is 22.0 Å². The second-order valence-corrected chi connectivity index (χ2v) is 8.07. The predicted molar refractivity (Wildman–Crippen MR) is 90.7 cm³/mol. The van der Waals surface area contributed by atoms with Gasteiger partial charge in [-0.15, -0.1) is 0 Å². The van der Waals surface area contributed by atoms with Crippen LogP contribution >= 0.6 is 0 Å². The molecule has 3 aliphatic carbocycles. The van der Waals surface area contributed by atoms with Gasteiger partial charge in [-0.2, -0.15) is 0 Å². The number of phenols is 2. The number of Topliss-reactive ketones (excluding diaryl/α,β-unsaturated/α-hetero) is 1. The van der Waals surface area contributed by atoms with Crippen LogP contribution in [0.25, 0.3) is 0 Å². The van der Waals surface area contributed by atoms with Crippen LogP contribution in [0.1, 0.15) is 63.0 Å². The SMILES string of the molecule is CC(=O)Oc1cc2c(c(O)c1O)[C@H]1CC[C@]3(C)C(=O)CC[C@H]3[C@@H]1CC2. The summed E-state index contributed by atoms with van der Waals surface area (Å²) in [5, 5.41) is 20.9. The Morgan fingerprint density at radius 1 is 1.20 bits per heavy atom. The molecule has 0 unspecified atom stereocenters. The molecule has 2 N–H and O–H groups in total. The number of hydrogen-bond donors (Lipinski definition) is 2. The van der Waals surface area contributed by atoms with E-state index in [-0.39, 0.29) is 28.6 Å². The summed E-state index contributed by atoms with van der Waals surface area (Å²) in [6.07, 6.45) is 5.01. The molecule has 2 saturated carbocycles. The summed E-state index contributed by atoms with van der Waals surface area (Å²) in [6, 6.07) is 1.69. The van der Waals surface area contributed by atoms with Gasteiger partial charge in [0, 0.05) is 24.3 Å². The summed E-state index contributed by atoms with van der Waals surface area (Å²) < 4.78 is 5.03. The zero-order chi connectivity index (χ0) is 17.9. The van der Waals surface area contributed by atoms with E-state index in [0.29, 0.717) is 24.0 Å². The van der Waals surface area contributed by atoms with E-state index in [2.05, 4.69) is 6.92 Å². The zero-order valence-corrected chi connectivity index (χ0v) is 14.7. The lowest BCUT2D eigenvalue weighted by Gasteiger charge is -2.48. The van der Waals surface area contributed by atoms with E-state index in [1.165, 1.54) is 6.92 Å². The first-order chi connectivity index (χ1) is 11.8. The monoisotopic (exact) mass is 344 g/mol. The molecule has 3 aliphatic rings. The summed E-state index contributed by atoms with van der Waals surface area (Å²) in [5.41, 5.74) is 1.53. The maximum atomic E-state index is 12.4. The quantitative estimate of drug-likeness (QED) is 0.463. The first-order valence-corrected chi connectivity index (χ1v) is 9.12. The average molecular weight is 344 g/mol. The van der Waals surface area contributed by atoms with Gasteiger partial charge in [-0.05, 0) is 61.5 Å². The lowest BCUT2D eigenvalue weighted by atomic mass is 9.55. The number of aromatic hydroxyl groups is 2. The Morgan fingerprint density at radius 3 is 2.68 bits per heavy atom. The molecule has 0 aliphatic heterocycles. The normalized spacial score (nSPS) is 33.4. The largest absolute Gasteiger partial charge is 0.504 e. The van der Waals surface area contributed by atoms with E-state index in [4.69, 9.17) is 4.74 Å². The molecular weight excluding hydrogens is 320 g/mol. The highest BCUT2D eigenvalue weighted by Gasteiger charge is 2.55. The third-order valence-corrected chi connectivity index (χ3v) is 6.88. The average Bonchev–Trinajstić information content (AvgIpc) is 2.87. The molecule has 25 heavy (non-hydrogen) atoms. The number of benzene rings is 1. The maximum Gasteiger partial charge on any atom is 0.308 e. The fourth-order valence-electron chi connectivity index (χ4n) is 5.70. The van der Waals surface area contributed by atoms with Gasteiger partial charge < -0.3 is 14.9 Å². The number of hydrogen-bond acceptors (Lipinski definition) is 5. The number of esters is 1. The number of aryl methyl sites for hydroxylation is 1. The van der Waals surface area contributed by atoms with Crippen LogP contribution in [0.3, 0.4) is 0 Å². The molecule has 1 aromatic rings. The number of ketones is 1. The fraction of sp³-hybridized carbons (Fsp3) is 0.600. The lowest BCUT2D eigenvalue weighted by Crippen LogP contribution is -2.42. The molecular formula is C20H24O5. The Hall–Kier alpha value is -2.04. The summed E-state index contributed by atoms with van der Waals surface area (Å²) in [7, 11) is 0. The highest BCUT2D eigenvalue weighted by molar-refractivity contribution is 5.87. The second kappa shape index (κ2) is 5.48. The Morgan fingerprint density at radius 2 is 1.96 bits per heavy atom. The Balaban J connectivity index is 1.75. The van der Waals surface area contributed by atoms with Gasteiger partial charge in [0.05, 0.1) is 0 Å². The second-order valence-electron chi connectivity index (χ2n) is 8.07. The van der Waals surface area contributed by atoms with Gasteiger partial charge in [-0.3, -0.25) is 9.59 Å². The van der Waals surface area contributed by atoms with E-state index in [0.717, 1.165) is 43.2 Å². The van der Waals surface area contributed by atoms with Crippen molar-refractivity contribution in [3.8, 4) is 17.2 Å². The molecule has 2 fully saturated rings. The number of carbonyl (C=O) groups excluding carboxylic acids is 2. The van der Waals surface area contributed by atoms with E-state index < -0.39 is 5.97 Å². The summed E-state index contributed by atoms with van der Waals surface area (Å²) in [4.78, 5) is 23.6. The Bertz CT molecular complexity index is 768. The minimum absolute atomic E-state index is 0.0268. The van der Waals surface area contributed by atoms with Gasteiger partial charge in [0.15, 0.2) is 11.5 Å². The summed E-state index contributed by atoms with van der Waals surface area (Å²) in [5.74, 6) is 0.259. The van der Waals surface area contributed by atoms with Crippen molar-refractivity contribution in [1.29, 1.82) is 0 Å². The van der Waals surface area contributed by atoms with Crippen molar-refractivity contribution in [3.63, 3.8) is 0 Å². The number of carbonyl (C=O) groups is 2. The van der Waals surface area contributed by atoms with Crippen LogP contribution in [-0.2, 0) is 16.0 Å². The third kappa shape index (κ3) is 2.28. The molecule has 0 bridgehead atoms. The molecule has 4 rings (SSSR count). The van der Waals surface area contributed by atoms with Crippen LogP contribution in [0, 0.1) is 17.3 Å². The molecule has 0 amide bonds.